The molecule has 2 N–H and O–H groups in total. The van der Waals surface area contributed by atoms with E-state index in [1.54, 1.807) is 0 Å². The maximum absolute atomic E-state index is 5.74. The minimum absolute atomic E-state index is 0.478. The fraction of sp³-hybridized carbons (Fsp3) is 0.600. The second-order valence-electron chi connectivity index (χ2n) is 5.41. The Morgan fingerprint density at radius 2 is 2.11 bits per heavy atom. The van der Waals surface area contributed by atoms with E-state index in [2.05, 4.69) is 54.1 Å². The van der Waals surface area contributed by atoms with Crippen molar-refractivity contribution < 1.29 is 0 Å². The third-order valence-corrected chi connectivity index (χ3v) is 4.11. The maximum Gasteiger partial charge on any atom is 0.0235 e. The summed E-state index contributed by atoms with van der Waals surface area (Å²) in [5, 5.41) is 0. The first-order chi connectivity index (χ1) is 8.70. The zero-order valence-electron chi connectivity index (χ0n) is 11.5. The molecule has 1 aliphatic heterocycles. The molecule has 2 atom stereocenters. The van der Waals surface area contributed by atoms with Crippen LogP contribution >= 0.6 is 0 Å². The van der Waals surface area contributed by atoms with Gasteiger partial charge in [0.1, 0.15) is 0 Å². The Bertz CT molecular complexity index is 352. The van der Waals surface area contributed by atoms with E-state index >= 15 is 0 Å². The van der Waals surface area contributed by atoms with Crippen LogP contribution in [0.15, 0.2) is 30.3 Å². The summed E-state index contributed by atoms with van der Waals surface area (Å²) in [5.41, 5.74) is 7.15. The summed E-state index contributed by atoms with van der Waals surface area (Å²) in [6.07, 6.45) is 1.26. The second-order valence-corrected chi connectivity index (χ2v) is 5.41. The summed E-state index contributed by atoms with van der Waals surface area (Å²) in [5.74, 6) is 0. The van der Waals surface area contributed by atoms with E-state index in [0.717, 1.165) is 19.6 Å². The van der Waals surface area contributed by atoms with Gasteiger partial charge in [-0.1, -0.05) is 30.3 Å². The van der Waals surface area contributed by atoms with Gasteiger partial charge in [0, 0.05) is 38.3 Å². The first-order valence-electron chi connectivity index (χ1n) is 6.89. The van der Waals surface area contributed by atoms with Crippen LogP contribution in [0.1, 0.15) is 18.9 Å². The molecular weight excluding hydrogens is 222 g/mol. The Labute approximate surface area is 111 Å². The van der Waals surface area contributed by atoms with Crippen LogP contribution in [-0.2, 0) is 6.54 Å². The van der Waals surface area contributed by atoms with Gasteiger partial charge in [-0.05, 0) is 26.0 Å². The lowest BCUT2D eigenvalue weighted by Crippen LogP contribution is -2.43. The molecule has 1 fully saturated rings. The third kappa shape index (κ3) is 3.31. The molecule has 0 bridgehead atoms. The normalized spacial score (nSPS) is 22.6. The van der Waals surface area contributed by atoms with Gasteiger partial charge in [-0.2, -0.15) is 0 Å². The Balaban J connectivity index is 1.85. The highest BCUT2D eigenvalue weighted by atomic mass is 15.3. The largest absolute Gasteiger partial charge is 0.329 e. The van der Waals surface area contributed by atoms with Gasteiger partial charge in [0.2, 0.25) is 0 Å². The van der Waals surface area contributed by atoms with Crippen molar-refractivity contribution in [2.75, 3.05) is 26.7 Å². The standard InChI is InChI=1S/C15H25N3/c1-13(10-16)17(2)15-8-9-18(12-15)11-14-6-4-3-5-7-14/h3-7,13,15H,8-12,16H2,1-2H3. The van der Waals surface area contributed by atoms with Crippen LogP contribution in [0.5, 0.6) is 0 Å². The lowest BCUT2D eigenvalue weighted by Gasteiger charge is -2.29. The molecule has 1 saturated heterocycles. The maximum atomic E-state index is 5.74. The van der Waals surface area contributed by atoms with Gasteiger partial charge in [-0.15, -0.1) is 0 Å². The van der Waals surface area contributed by atoms with Crippen molar-refractivity contribution in [1.82, 2.24) is 9.80 Å². The molecule has 2 rings (SSSR count). The number of nitrogens with two attached hydrogens (primary N) is 1. The Morgan fingerprint density at radius 1 is 1.39 bits per heavy atom. The van der Waals surface area contributed by atoms with Crippen LogP contribution < -0.4 is 5.73 Å². The van der Waals surface area contributed by atoms with Crippen molar-refractivity contribution in [2.24, 2.45) is 5.73 Å². The minimum Gasteiger partial charge on any atom is -0.329 e. The summed E-state index contributed by atoms with van der Waals surface area (Å²) in [4.78, 5) is 4.98. The monoisotopic (exact) mass is 247 g/mol. The average molecular weight is 247 g/mol. The zero-order chi connectivity index (χ0) is 13.0. The molecule has 0 aliphatic carbocycles. The molecule has 3 nitrogen and oxygen atoms in total. The number of likely N-dealkylation sites (N-methyl/N-ethyl adjacent to an activating group) is 1. The van der Waals surface area contributed by atoms with Gasteiger partial charge in [0.25, 0.3) is 0 Å². The van der Waals surface area contributed by atoms with Gasteiger partial charge < -0.3 is 5.73 Å². The van der Waals surface area contributed by atoms with E-state index in [9.17, 15) is 0 Å². The molecule has 0 amide bonds. The Morgan fingerprint density at radius 3 is 2.78 bits per heavy atom. The van der Waals surface area contributed by atoms with E-state index in [0.29, 0.717) is 12.1 Å². The van der Waals surface area contributed by atoms with Crippen LogP contribution in [0.4, 0.5) is 0 Å². The van der Waals surface area contributed by atoms with Gasteiger partial charge in [0.05, 0.1) is 0 Å². The van der Waals surface area contributed by atoms with Crippen LogP contribution in [0.25, 0.3) is 0 Å². The number of nitrogens with zero attached hydrogens (tertiary/aromatic N) is 2. The predicted molar refractivity (Wildman–Crippen MR) is 76.4 cm³/mol. The van der Waals surface area contributed by atoms with Crippen LogP contribution in [0.3, 0.4) is 0 Å². The van der Waals surface area contributed by atoms with Crippen molar-refractivity contribution in [3.05, 3.63) is 35.9 Å². The number of rotatable bonds is 5. The summed E-state index contributed by atoms with van der Waals surface area (Å²) in [6, 6.07) is 11.9. The molecule has 0 saturated carbocycles. The SMILES string of the molecule is CC(CN)N(C)C1CCN(Cc2ccccc2)C1. The quantitative estimate of drug-likeness (QED) is 0.856. The highest BCUT2D eigenvalue weighted by Crippen LogP contribution is 2.18. The lowest BCUT2D eigenvalue weighted by atomic mass is 10.2. The van der Waals surface area contributed by atoms with Gasteiger partial charge >= 0.3 is 0 Å². The lowest BCUT2D eigenvalue weighted by molar-refractivity contribution is 0.183. The first-order valence-corrected chi connectivity index (χ1v) is 6.89. The summed E-state index contributed by atoms with van der Waals surface area (Å²) in [7, 11) is 2.20. The smallest absolute Gasteiger partial charge is 0.0235 e. The van der Waals surface area contributed by atoms with E-state index in [-0.39, 0.29) is 0 Å². The van der Waals surface area contributed by atoms with Crippen molar-refractivity contribution in [3.63, 3.8) is 0 Å². The van der Waals surface area contributed by atoms with Crippen LogP contribution in [0.2, 0.25) is 0 Å². The number of benzene rings is 1. The molecule has 0 aromatic heterocycles. The zero-order valence-corrected chi connectivity index (χ0v) is 11.5. The van der Waals surface area contributed by atoms with Gasteiger partial charge in [-0.3, -0.25) is 9.80 Å². The summed E-state index contributed by atoms with van der Waals surface area (Å²) >= 11 is 0. The van der Waals surface area contributed by atoms with Crippen molar-refractivity contribution in [3.8, 4) is 0 Å². The van der Waals surface area contributed by atoms with Crippen LogP contribution in [0, 0.1) is 0 Å². The van der Waals surface area contributed by atoms with E-state index in [1.807, 2.05) is 0 Å². The molecule has 1 aliphatic rings. The molecule has 3 heteroatoms. The Kier molecular flexibility index (Phi) is 4.75. The molecule has 1 aromatic rings. The third-order valence-electron chi connectivity index (χ3n) is 4.11. The topological polar surface area (TPSA) is 32.5 Å². The molecule has 0 spiro atoms. The predicted octanol–water partition coefficient (Wildman–Crippen LogP) is 1.54. The fourth-order valence-electron chi connectivity index (χ4n) is 2.66. The molecule has 100 valence electrons. The van der Waals surface area contributed by atoms with Crippen molar-refractivity contribution >= 4 is 0 Å². The molecule has 1 heterocycles. The summed E-state index contributed by atoms with van der Waals surface area (Å²) in [6.45, 7) is 6.38. The fourth-order valence-corrected chi connectivity index (χ4v) is 2.66. The van der Waals surface area contributed by atoms with Gasteiger partial charge in [-0.25, -0.2) is 0 Å². The minimum atomic E-state index is 0.478. The number of hydrogen-bond acceptors (Lipinski definition) is 3. The molecular formula is C15H25N3. The molecule has 18 heavy (non-hydrogen) atoms. The average Bonchev–Trinajstić information content (AvgIpc) is 2.86. The van der Waals surface area contributed by atoms with E-state index in [1.165, 1.54) is 18.5 Å². The van der Waals surface area contributed by atoms with E-state index < -0.39 is 0 Å². The van der Waals surface area contributed by atoms with Crippen molar-refractivity contribution in [2.45, 2.75) is 32.0 Å². The summed E-state index contributed by atoms with van der Waals surface area (Å²) < 4.78 is 0. The number of likely N-dealkylation sites (tertiary alicyclic amines) is 1. The molecule has 2 unspecified atom stereocenters. The molecule has 0 radical (unpaired) electrons. The van der Waals surface area contributed by atoms with Gasteiger partial charge in [0.15, 0.2) is 0 Å². The van der Waals surface area contributed by atoms with Crippen LogP contribution in [-0.4, -0.2) is 48.6 Å². The Hall–Kier alpha value is -0.900. The second kappa shape index (κ2) is 6.32. The first kappa shape index (κ1) is 13.5. The van der Waals surface area contributed by atoms with E-state index in [4.69, 9.17) is 5.73 Å². The highest BCUT2D eigenvalue weighted by molar-refractivity contribution is 5.14. The number of hydrogen-bond donors (Lipinski definition) is 1. The highest BCUT2D eigenvalue weighted by Gasteiger charge is 2.27. The molecule has 1 aromatic carbocycles. The van der Waals surface area contributed by atoms with Crippen molar-refractivity contribution in [1.29, 1.82) is 0 Å².